The van der Waals surface area contributed by atoms with Crippen LogP contribution in [0.15, 0.2) is 24.3 Å². The van der Waals surface area contributed by atoms with Crippen LogP contribution in [0.5, 0.6) is 0 Å². The molecule has 2 rings (SSSR count). The monoisotopic (exact) mass is 354 g/mol. The molecule has 1 aromatic carbocycles. The molecule has 0 radical (unpaired) electrons. The molecule has 1 amide bonds. The van der Waals surface area contributed by atoms with E-state index >= 15 is 0 Å². The largest absolute Gasteiger partial charge is 0.449 e. The van der Waals surface area contributed by atoms with Crippen molar-refractivity contribution in [1.82, 2.24) is 5.32 Å². The number of esters is 1. The van der Waals surface area contributed by atoms with E-state index in [-0.39, 0.29) is 23.2 Å². The Kier molecular flexibility index (Phi) is 5.82. The van der Waals surface area contributed by atoms with E-state index in [1.165, 1.54) is 19.1 Å². The third kappa shape index (κ3) is 5.23. The second-order valence-corrected chi connectivity index (χ2v) is 7.71. The first-order chi connectivity index (χ1) is 11.3. The van der Waals surface area contributed by atoms with Crippen molar-refractivity contribution in [2.24, 2.45) is 0 Å². The molecule has 0 aliphatic heterocycles. The molecule has 1 aromatic rings. The van der Waals surface area contributed by atoms with Gasteiger partial charge in [-0.25, -0.2) is 13.2 Å². The van der Waals surface area contributed by atoms with Crippen molar-refractivity contribution in [2.45, 2.75) is 44.8 Å². The number of rotatable bonds is 6. The van der Waals surface area contributed by atoms with Crippen LogP contribution in [0.25, 0.3) is 0 Å². The molecule has 1 aliphatic carbocycles. The van der Waals surface area contributed by atoms with Crippen molar-refractivity contribution >= 4 is 27.6 Å². The molecular weight excluding hydrogens is 332 g/mol. The fraction of sp³-hybridized carbons (Fsp3) is 0.500. The Labute approximate surface area is 141 Å². The Morgan fingerprint density at radius 3 is 2.46 bits per heavy atom. The summed E-state index contributed by atoms with van der Waals surface area (Å²) >= 11 is 0. The number of sulfonamides is 1. The summed E-state index contributed by atoms with van der Waals surface area (Å²) in [6.45, 7) is 1.49. The summed E-state index contributed by atoms with van der Waals surface area (Å²) in [6.07, 6.45) is 4.09. The van der Waals surface area contributed by atoms with Gasteiger partial charge in [-0.15, -0.1) is 0 Å². The van der Waals surface area contributed by atoms with Gasteiger partial charge in [0, 0.05) is 6.04 Å². The summed E-state index contributed by atoms with van der Waals surface area (Å²) in [6, 6.07) is 6.23. The zero-order valence-corrected chi connectivity index (χ0v) is 14.6. The van der Waals surface area contributed by atoms with Crippen LogP contribution in [0.2, 0.25) is 0 Å². The van der Waals surface area contributed by atoms with Crippen LogP contribution < -0.4 is 10.0 Å². The highest BCUT2D eigenvalue weighted by atomic mass is 32.2. The number of hydrogen-bond donors (Lipinski definition) is 2. The summed E-state index contributed by atoms with van der Waals surface area (Å²) in [7, 11) is -3.53. The first-order valence-corrected chi connectivity index (χ1v) is 9.73. The molecule has 24 heavy (non-hydrogen) atoms. The highest BCUT2D eigenvalue weighted by molar-refractivity contribution is 7.92. The number of nitrogens with one attached hydrogen (secondary N) is 2. The molecule has 1 fully saturated rings. The van der Waals surface area contributed by atoms with Gasteiger partial charge < -0.3 is 10.1 Å². The number of ether oxygens (including phenoxy) is 1. The molecular formula is C16H22N2O5S. The molecule has 1 aliphatic rings. The van der Waals surface area contributed by atoms with Crippen molar-refractivity contribution in [3.63, 3.8) is 0 Å². The lowest BCUT2D eigenvalue weighted by atomic mass is 10.2. The molecule has 0 heterocycles. The number of carbonyl (C=O) groups excluding carboxylic acids is 2. The van der Waals surface area contributed by atoms with Gasteiger partial charge in [0.05, 0.1) is 17.5 Å². The molecule has 1 unspecified atom stereocenters. The van der Waals surface area contributed by atoms with Crippen molar-refractivity contribution in [3.8, 4) is 0 Å². The first-order valence-electron chi connectivity index (χ1n) is 7.84. The van der Waals surface area contributed by atoms with Gasteiger partial charge in [0.2, 0.25) is 10.0 Å². The van der Waals surface area contributed by atoms with Gasteiger partial charge in [-0.3, -0.25) is 9.52 Å². The third-order valence-electron chi connectivity index (χ3n) is 3.80. The third-order valence-corrected chi connectivity index (χ3v) is 4.39. The van der Waals surface area contributed by atoms with Gasteiger partial charge in [0.25, 0.3) is 5.91 Å². The zero-order valence-electron chi connectivity index (χ0n) is 13.7. The minimum Gasteiger partial charge on any atom is -0.449 e. The Hall–Kier alpha value is -2.09. The summed E-state index contributed by atoms with van der Waals surface area (Å²) in [5.41, 5.74) is 0.178. The molecule has 8 heteroatoms. The van der Waals surface area contributed by atoms with E-state index in [2.05, 4.69) is 10.0 Å². The number of anilines is 1. The lowest BCUT2D eigenvalue weighted by Gasteiger charge is -2.18. The topological polar surface area (TPSA) is 102 Å². The Bertz CT molecular complexity index is 711. The van der Waals surface area contributed by atoms with Crippen LogP contribution in [-0.2, 0) is 19.6 Å². The van der Waals surface area contributed by atoms with Crippen LogP contribution in [0, 0.1) is 0 Å². The Morgan fingerprint density at radius 1 is 1.21 bits per heavy atom. The molecule has 2 N–H and O–H groups in total. The molecule has 0 spiro atoms. The number of para-hydroxylation sites is 1. The number of carbonyl (C=O) groups is 2. The molecule has 132 valence electrons. The van der Waals surface area contributed by atoms with Crippen molar-refractivity contribution < 1.29 is 22.7 Å². The normalized spacial score (nSPS) is 16.4. The highest BCUT2D eigenvalue weighted by Crippen LogP contribution is 2.19. The number of hydrogen-bond acceptors (Lipinski definition) is 5. The predicted octanol–water partition coefficient (Wildman–Crippen LogP) is 1.66. The molecule has 0 aromatic heterocycles. The maximum atomic E-state index is 12.3. The minimum absolute atomic E-state index is 0.0587. The predicted molar refractivity (Wildman–Crippen MR) is 90.2 cm³/mol. The maximum absolute atomic E-state index is 12.3. The van der Waals surface area contributed by atoms with Gasteiger partial charge in [0.15, 0.2) is 6.10 Å². The lowest BCUT2D eigenvalue weighted by Crippen LogP contribution is -2.40. The van der Waals surface area contributed by atoms with E-state index in [1.54, 1.807) is 12.1 Å². The van der Waals surface area contributed by atoms with E-state index in [4.69, 9.17) is 4.74 Å². The van der Waals surface area contributed by atoms with E-state index in [0.717, 1.165) is 31.9 Å². The second kappa shape index (κ2) is 7.65. The van der Waals surface area contributed by atoms with Gasteiger partial charge in [-0.1, -0.05) is 25.0 Å². The SMILES string of the molecule is CC(OC(=O)c1ccccc1NS(C)(=O)=O)C(=O)NC1CCCC1. The summed E-state index contributed by atoms with van der Waals surface area (Å²) in [4.78, 5) is 24.3. The number of amides is 1. The highest BCUT2D eigenvalue weighted by Gasteiger charge is 2.24. The van der Waals surface area contributed by atoms with Gasteiger partial charge in [0.1, 0.15) is 0 Å². The average Bonchev–Trinajstić information content (AvgIpc) is 2.98. The fourth-order valence-corrected chi connectivity index (χ4v) is 3.19. The fourth-order valence-electron chi connectivity index (χ4n) is 2.62. The van der Waals surface area contributed by atoms with Crippen LogP contribution in [-0.4, -0.2) is 38.7 Å². The van der Waals surface area contributed by atoms with Crippen molar-refractivity contribution in [2.75, 3.05) is 11.0 Å². The van der Waals surface area contributed by atoms with E-state index < -0.39 is 22.1 Å². The van der Waals surface area contributed by atoms with Crippen LogP contribution in [0.3, 0.4) is 0 Å². The molecule has 1 saturated carbocycles. The molecule has 0 bridgehead atoms. The van der Waals surface area contributed by atoms with E-state index in [9.17, 15) is 18.0 Å². The minimum atomic E-state index is -3.53. The Balaban J connectivity index is 2.02. The van der Waals surface area contributed by atoms with Crippen molar-refractivity contribution in [1.29, 1.82) is 0 Å². The van der Waals surface area contributed by atoms with E-state index in [1.807, 2.05) is 0 Å². The first kappa shape index (κ1) is 18.3. The second-order valence-electron chi connectivity index (χ2n) is 5.96. The molecule has 1 atom stereocenters. The standard InChI is InChI=1S/C16H22N2O5S/c1-11(15(19)17-12-7-3-4-8-12)23-16(20)13-9-5-6-10-14(13)18-24(2,21)22/h5-6,9-12,18H,3-4,7-8H2,1-2H3,(H,17,19). The van der Waals surface area contributed by atoms with E-state index in [0.29, 0.717) is 0 Å². The summed E-state index contributed by atoms with van der Waals surface area (Å²) in [5.74, 6) is -1.10. The van der Waals surface area contributed by atoms with Crippen molar-refractivity contribution in [3.05, 3.63) is 29.8 Å². The lowest BCUT2D eigenvalue weighted by molar-refractivity contribution is -0.129. The smallest absolute Gasteiger partial charge is 0.341 e. The summed E-state index contributed by atoms with van der Waals surface area (Å²) < 4.78 is 30.2. The molecule has 0 saturated heterocycles. The average molecular weight is 354 g/mol. The van der Waals surface area contributed by atoms with Crippen LogP contribution in [0.1, 0.15) is 43.0 Å². The zero-order chi connectivity index (χ0) is 17.7. The van der Waals surface area contributed by atoms with Gasteiger partial charge in [-0.05, 0) is 31.9 Å². The van der Waals surface area contributed by atoms with Crippen LogP contribution >= 0.6 is 0 Å². The van der Waals surface area contributed by atoms with Gasteiger partial charge in [-0.2, -0.15) is 0 Å². The van der Waals surface area contributed by atoms with Crippen LogP contribution in [0.4, 0.5) is 5.69 Å². The Morgan fingerprint density at radius 2 is 1.83 bits per heavy atom. The quantitative estimate of drug-likeness (QED) is 0.757. The maximum Gasteiger partial charge on any atom is 0.341 e. The van der Waals surface area contributed by atoms with Gasteiger partial charge >= 0.3 is 5.97 Å². The molecule has 7 nitrogen and oxygen atoms in total. The summed E-state index contributed by atoms with van der Waals surface area (Å²) in [5, 5.41) is 2.86. The number of benzene rings is 1.